The van der Waals surface area contributed by atoms with E-state index in [1.165, 1.54) is 11.8 Å². The summed E-state index contributed by atoms with van der Waals surface area (Å²) in [5.41, 5.74) is 2.04. The number of benzene rings is 1. The van der Waals surface area contributed by atoms with Crippen molar-refractivity contribution in [2.45, 2.75) is 57.8 Å². The second-order valence-corrected chi connectivity index (χ2v) is 10.3. The molecule has 7 nitrogen and oxygen atoms in total. The molecule has 1 aromatic carbocycles. The molecule has 0 aromatic heterocycles. The molecule has 2 rings (SSSR count). The van der Waals surface area contributed by atoms with Gasteiger partial charge in [-0.2, -0.15) is 24.4 Å². The zero-order valence-electron chi connectivity index (χ0n) is 20.0. The van der Waals surface area contributed by atoms with E-state index in [1.54, 1.807) is 4.90 Å². The SMILES string of the molecule is CSCCC(NC(=O)C1Cc2ccccc2CN1C(=O)[C@H](C(C)C)N(C)CCCS)C(=O)O. The Kier molecular flexibility index (Phi) is 11.1. The number of aliphatic carboxylic acids is 1. The van der Waals surface area contributed by atoms with Crippen LogP contribution >= 0.6 is 24.4 Å². The molecule has 0 spiro atoms. The van der Waals surface area contributed by atoms with Crippen LogP contribution in [0.4, 0.5) is 0 Å². The van der Waals surface area contributed by atoms with Gasteiger partial charge in [0.1, 0.15) is 12.1 Å². The minimum atomic E-state index is -1.06. The van der Waals surface area contributed by atoms with E-state index in [2.05, 4.69) is 17.9 Å². The van der Waals surface area contributed by atoms with Gasteiger partial charge in [-0.15, -0.1) is 0 Å². The molecule has 1 aliphatic rings. The van der Waals surface area contributed by atoms with Gasteiger partial charge in [-0.25, -0.2) is 4.79 Å². The lowest BCUT2D eigenvalue weighted by Gasteiger charge is -2.41. The van der Waals surface area contributed by atoms with Crippen LogP contribution in [0.5, 0.6) is 0 Å². The molecule has 0 saturated heterocycles. The lowest BCUT2D eigenvalue weighted by Crippen LogP contribution is -2.59. The van der Waals surface area contributed by atoms with E-state index in [0.717, 1.165) is 29.8 Å². The highest BCUT2D eigenvalue weighted by Crippen LogP contribution is 2.26. The molecule has 0 fully saturated rings. The quantitative estimate of drug-likeness (QED) is 0.386. The van der Waals surface area contributed by atoms with Gasteiger partial charge in [-0.1, -0.05) is 38.1 Å². The third kappa shape index (κ3) is 7.39. The Morgan fingerprint density at radius 3 is 2.52 bits per heavy atom. The molecule has 3 atom stereocenters. The van der Waals surface area contributed by atoms with E-state index in [9.17, 15) is 19.5 Å². The summed E-state index contributed by atoms with van der Waals surface area (Å²) < 4.78 is 0. The van der Waals surface area contributed by atoms with E-state index < -0.39 is 24.0 Å². The van der Waals surface area contributed by atoms with Crippen LogP contribution in [0.15, 0.2) is 24.3 Å². The lowest BCUT2D eigenvalue weighted by molar-refractivity contribution is -0.148. The van der Waals surface area contributed by atoms with Gasteiger partial charge in [0.25, 0.3) is 0 Å². The highest BCUT2D eigenvalue weighted by atomic mass is 32.2. The maximum Gasteiger partial charge on any atom is 0.326 e. The minimum Gasteiger partial charge on any atom is -0.480 e. The van der Waals surface area contributed by atoms with Crippen LogP contribution in [0.2, 0.25) is 0 Å². The number of rotatable bonds is 12. The highest BCUT2D eigenvalue weighted by Gasteiger charge is 2.40. The summed E-state index contributed by atoms with van der Waals surface area (Å²) in [7, 11) is 1.93. The number of carboxylic acid groups (broad SMARTS) is 1. The van der Waals surface area contributed by atoms with Crippen molar-refractivity contribution in [2.75, 3.05) is 31.4 Å². The van der Waals surface area contributed by atoms with Crippen LogP contribution < -0.4 is 5.32 Å². The van der Waals surface area contributed by atoms with Crippen molar-refractivity contribution in [3.8, 4) is 0 Å². The Bertz CT molecular complexity index is 821. The van der Waals surface area contributed by atoms with Gasteiger partial charge in [0.05, 0.1) is 6.04 Å². The average molecular weight is 496 g/mol. The molecule has 0 radical (unpaired) electrons. The molecule has 184 valence electrons. The summed E-state index contributed by atoms with van der Waals surface area (Å²) in [5, 5.41) is 12.3. The molecular formula is C24H37N3O4S2. The van der Waals surface area contributed by atoms with E-state index in [1.807, 2.05) is 56.3 Å². The summed E-state index contributed by atoms with van der Waals surface area (Å²) in [4.78, 5) is 42.6. The zero-order chi connectivity index (χ0) is 24.5. The maximum atomic E-state index is 13.8. The van der Waals surface area contributed by atoms with Crippen molar-refractivity contribution in [2.24, 2.45) is 5.92 Å². The number of thioether (sulfide) groups is 1. The second-order valence-electron chi connectivity index (χ2n) is 8.88. The number of carbonyl (C=O) groups excluding carboxylic acids is 2. The van der Waals surface area contributed by atoms with Gasteiger partial charge in [0.2, 0.25) is 11.8 Å². The Balaban J connectivity index is 2.34. The van der Waals surface area contributed by atoms with Crippen LogP contribution in [-0.2, 0) is 27.3 Å². The Morgan fingerprint density at radius 1 is 1.27 bits per heavy atom. The zero-order valence-corrected chi connectivity index (χ0v) is 21.7. The smallest absolute Gasteiger partial charge is 0.326 e. The number of carbonyl (C=O) groups is 3. The number of hydrogen-bond donors (Lipinski definition) is 3. The molecule has 1 aliphatic heterocycles. The van der Waals surface area contributed by atoms with Crippen molar-refractivity contribution in [1.82, 2.24) is 15.1 Å². The Hall–Kier alpha value is -1.71. The summed E-state index contributed by atoms with van der Waals surface area (Å²) >= 11 is 5.82. The minimum absolute atomic E-state index is 0.0524. The summed E-state index contributed by atoms with van der Waals surface area (Å²) in [5.74, 6) is -0.157. The fraction of sp³-hybridized carbons (Fsp3) is 0.625. The first-order valence-electron chi connectivity index (χ1n) is 11.4. The fourth-order valence-electron chi connectivity index (χ4n) is 4.36. The van der Waals surface area contributed by atoms with E-state index in [0.29, 0.717) is 25.1 Å². The number of amides is 2. The summed E-state index contributed by atoms with van der Waals surface area (Å²) in [6, 6.07) is 5.71. The molecule has 0 aliphatic carbocycles. The van der Waals surface area contributed by atoms with Gasteiger partial charge in [0, 0.05) is 13.0 Å². The van der Waals surface area contributed by atoms with Crippen LogP contribution in [0.3, 0.4) is 0 Å². The van der Waals surface area contributed by atoms with E-state index in [-0.39, 0.29) is 17.9 Å². The van der Waals surface area contributed by atoms with Crippen molar-refractivity contribution < 1.29 is 19.5 Å². The van der Waals surface area contributed by atoms with Gasteiger partial charge >= 0.3 is 5.97 Å². The molecule has 2 N–H and O–H groups in total. The standard InChI is InChI=1S/C24H37N3O4S2/c1-16(2)21(26(3)11-7-12-32)23(29)27-15-18-9-6-5-8-17(18)14-20(27)22(28)25-19(24(30)31)10-13-33-4/h5-6,8-9,16,19-21,32H,7,10-15H2,1-4H3,(H,25,28)(H,30,31)/t19?,20?,21-/m0/s1. The highest BCUT2D eigenvalue weighted by molar-refractivity contribution is 7.98. The van der Waals surface area contributed by atoms with Gasteiger partial charge < -0.3 is 15.3 Å². The molecule has 0 bridgehead atoms. The first kappa shape index (κ1) is 27.5. The number of nitrogens with zero attached hydrogens (tertiary/aromatic N) is 2. The number of nitrogens with one attached hydrogen (secondary N) is 1. The molecular weight excluding hydrogens is 458 g/mol. The van der Waals surface area contributed by atoms with Gasteiger partial charge in [-0.05, 0) is 61.2 Å². The topological polar surface area (TPSA) is 90.0 Å². The second kappa shape index (κ2) is 13.2. The van der Waals surface area contributed by atoms with Crippen LogP contribution in [0.25, 0.3) is 0 Å². The number of fused-ring (bicyclic) bond motifs is 1. The average Bonchev–Trinajstić information content (AvgIpc) is 2.78. The van der Waals surface area contributed by atoms with Crippen LogP contribution in [-0.4, -0.2) is 82.2 Å². The predicted octanol–water partition coefficient (Wildman–Crippen LogP) is 2.54. The van der Waals surface area contributed by atoms with Crippen LogP contribution in [0.1, 0.15) is 37.8 Å². The number of likely N-dealkylation sites (N-methyl/N-ethyl adjacent to an activating group) is 1. The molecule has 9 heteroatoms. The molecule has 33 heavy (non-hydrogen) atoms. The number of hydrogen-bond acceptors (Lipinski definition) is 6. The summed E-state index contributed by atoms with van der Waals surface area (Å²) in [6.07, 6.45) is 3.46. The molecule has 1 heterocycles. The largest absolute Gasteiger partial charge is 0.480 e. The predicted molar refractivity (Wildman–Crippen MR) is 137 cm³/mol. The normalized spacial score (nSPS) is 17.5. The molecule has 2 amide bonds. The first-order valence-corrected chi connectivity index (χ1v) is 13.4. The lowest BCUT2D eigenvalue weighted by atomic mass is 9.91. The number of thiol groups is 1. The van der Waals surface area contributed by atoms with Crippen LogP contribution in [0, 0.1) is 5.92 Å². The Morgan fingerprint density at radius 2 is 1.94 bits per heavy atom. The Labute approximate surface area is 207 Å². The van der Waals surface area contributed by atoms with Crippen molar-refractivity contribution in [3.05, 3.63) is 35.4 Å². The molecule has 1 aromatic rings. The van der Waals surface area contributed by atoms with Gasteiger partial charge in [-0.3, -0.25) is 14.5 Å². The third-order valence-electron chi connectivity index (χ3n) is 6.09. The van der Waals surface area contributed by atoms with Crippen molar-refractivity contribution in [1.29, 1.82) is 0 Å². The first-order chi connectivity index (χ1) is 15.7. The molecule has 0 saturated carbocycles. The van der Waals surface area contributed by atoms with E-state index in [4.69, 9.17) is 0 Å². The molecule has 2 unspecified atom stereocenters. The van der Waals surface area contributed by atoms with Gasteiger partial charge in [0.15, 0.2) is 0 Å². The maximum absolute atomic E-state index is 13.8. The summed E-state index contributed by atoms with van der Waals surface area (Å²) in [6.45, 7) is 5.08. The fourth-order valence-corrected chi connectivity index (χ4v) is 4.97. The third-order valence-corrected chi connectivity index (χ3v) is 7.05. The number of carboxylic acids is 1. The van der Waals surface area contributed by atoms with E-state index >= 15 is 0 Å². The van der Waals surface area contributed by atoms with Crippen molar-refractivity contribution in [3.63, 3.8) is 0 Å². The monoisotopic (exact) mass is 495 g/mol. The van der Waals surface area contributed by atoms with Crippen molar-refractivity contribution >= 4 is 42.2 Å².